The number of rotatable bonds is 6. The lowest BCUT2D eigenvalue weighted by Crippen LogP contribution is -2.39. The molecule has 0 saturated carbocycles. The molecular weight excluding hydrogens is 362 g/mol. The third-order valence-electron chi connectivity index (χ3n) is 5.31. The molecule has 1 N–H and O–H groups in total. The zero-order valence-electron chi connectivity index (χ0n) is 16.5. The predicted octanol–water partition coefficient (Wildman–Crippen LogP) is 4.79. The van der Waals surface area contributed by atoms with Crippen molar-refractivity contribution in [1.82, 2.24) is 9.88 Å². The standard InChI is InChI=1S/C24H25N3O2/c1-18-8-2-3-9-19(18)17-27-15-7-12-22(27)24(28)26-21-11-4-5-13-23(21)29-20-10-6-14-25-16-20/h2-6,8-11,13-14,16,22H,7,12,15,17H2,1H3,(H,26,28)/t22-/m1/s1. The first kappa shape index (κ1) is 19.2. The number of hydrogen-bond donors (Lipinski definition) is 1. The maximum absolute atomic E-state index is 13.1. The first-order valence-electron chi connectivity index (χ1n) is 9.97. The number of nitrogens with one attached hydrogen (secondary N) is 1. The van der Waals surface area contributed by atoms with E-state index in [1.54, 1.807) is 12.4 Å². The number of amides is 1. The van der Waals surface area contributed by atoms with Crippen molar-refractivity contribution >= 4 is 11.6 Å². The van der Waals surface area contributed by atoms with Gasteiger partial charge in [0, 0.05) is 12.7 Å². The van der Waals surface area contributed by atoms with E-state index < -0.39 is 0 Å². The van der Waals surface area contributed by atoms with Crippen LogP contribution >= 0.6 is 0 Å². The monoisotopic (exact) mass is 387 g/mol. The van der Waals surface area contributed by atoms with Crippen molar-refractivity contribution < 1.29 is 9.53 Å². The maximum atomic E-state index is 13.1. The van der Waals surface area contributed by atoms with Crippen LogP contribution in [-0.4, -0.2) is 28.4 Å². The Balaban J connectivity index is 1.47. The van der Waals surface area contributed by atoms with Gasteiger partial charge in [0.15, 0.2) is 5.75 Å². The quantitative estimate of drug-likeness (QED) is 0.661. The molecule has 5 heteroatoms. The zero-order valence-corrected chi connectivity index (χ0v) is 16.5. The third kappa shape index (κ3) is 4.63. The molecule has 0 aliphatic carbocycles. The van der Waals surface area contributed by atoms with Gasteiger partial charge in [-0.15, -0.1) is 0 Å². The maximum Gasteiger partial charge on any atom is 0.241 e. The molecule has 29 heavy (non-hydrogen) atoms. The summed E-state index contributed by atoms with van der Waals surface area (Å²) in [6.45, 7) is 3.84. The van der Waals surface area contributed by atoms with Crippen LogP contribution in [0.2, 0.25) is 0 Å². The van der Waals surface area contributed by atoms with Crippen LogP contribution in [0.5, 0.6) is 11.5 Å². The first-order chi connectivity index (χ1) is 14.2. The second-order valence-corrected chi connectivity index (χ2v) is 7.33. The van der Waals surface area contributed by atoms with Gasteiger partial charge in [0.25, 0.3) is 0 Å². The van der Waals surface area contributed by atoms with Crippen molar-refractivity contribution in [3.63, 3.8) is 0 Å². The van der Waals surface area contributed by atoms with Crippen molar-refractivity contribution in [2.75, 3.05) is 11.9 Å². The average molecular weight is 387 g/mol. The molecule has 2 aromatic carbocycles. The molecule has 3 aromatic rings. The number of likely N-dealkylation sites (tertiary alicyclic amines) is 1. The van der Waals surface area contributed by atoms with Gasteiger partial charge in [0.1, 0.15) is 5.75 Å². The smallest absolute Gasteiger partial charge is 0.241 e. The van der Waals surface area contributed by atoms with Gasteiger partial charge in [-0.3, -0.25) is 14.7 Å². The van der Waals surface area contributed by atoms with E-state index in [0.717, 1.165) is 25.9 Å². The molecule has 0 bridgehead atoms. The van der Waals surface area contributed by atoms with Crippen molar-refractivity contribution in [3.8, 4) is 11.5 Å². The zero-order chi connectivity index (χ0) is 20.1. The van der Waals surface area contributed by atoms with E-state index in [1.807, 2.05) is 42.5 Å². The number of benzene rings is 2. The van der Waals surface area contributed by atoms with Crippen LogP contribution in [0.4, 0.5) is 5.69 Å². The molecule has 0 spiro atoms. The fraction of sp³-hybridized carbons (Fsp3) is 0.250. The Morgan fingerprint density at radius 2 is 1.97 bits per heavy atom. The van der Waals surface area contributed by atoms with Crippen LogP contribution in [0.1, 0.15) is 24.0 Å². The minimum Gasteiger partial charge on any atom is -0.454 e. The molecule has 0 radical (unpaired) electrons. The van der Waals surface area contributed by atoms with Crippen LogP contribution in [-0.2, 0) is 11.3 Å². The van der Waals surface area contributed by atoms with Crippen molar-refractivity contribution in [1.29, 1.82) is 0 Å². The van der Waals surface area contributed by atoms with Crippen LogP contribution < -0.4 is 10.1 Å². The molecule has 1 atom stereocenters. The summed E-state index contributed by atoms with van der Waals surface area (Å²) in [6.07, 6.45) is 5.24. The van der Waals surface area contributed by atoms with Crippen LogP contribution in [0, 0.1) is 6.92 Å². The number of aromatic nitrogens is 1. The normalized spacial score (nSPS) is 16.5. The minimum atomic E-state index is -0.138. The fourth-order valence-electron chi connectivity index (χ4n) is 3.73. The number of aryl methyl sites for hydroxylation is 1. The van der Waals surface area contributed by atoms with E-state index >= 15 is 0 Å². The molecule has 1 aromatic heterocycles. The summed E-state index contributed by atoms with van der Waals surface area (Å²) in [4.78, 5) is 19.4. The highest BCUT2D eigenvalue weighted by atomic mass is 16.5. The minimum absolute atomic E-state index is 0.0123. The van der Waals surface area contributed by atoms with E-state index in [1.165, 1.54) is 11.1 Å². The number of ether oxygens (including phenoxy) is 1. The molecule has 1 saturated heterocycles. The van der Waals surface area contributed by atoms with E-state index in [9.17, 15) is 4.79 Å². The van der Waals surface area contributed by atoms with Crippen molar-refractivity contribution in [2.45, 2.75) is 32.4 Å². The third-order valence-corrected chi connectivity index (χ3v) is 5.31. The number of pyridine rings is 1. The molecule has 148 valence electrons. The summed E-state index contributed by atoms with van der Waals surface area (Å²) < 4.78 is 5.92. The number of anilines is 1. The van der Waals surface area contributed by atoms with Crippen LogP contribution in [0.15, 0.2) is 73.1 Å². The molecule has 1 fully saturated rings. The van der Waals surface area contributed by atoms with Gasteiger partial charge in [0.2, 0.25) is 5.91 Å². The molecule has 4 rings (SSSR count). The van der Waals surface area contributed by atoms with E-state index in [2.05, 4.69) is 40.3 Å². The fourth-order valence-corrected chi connectivity index (χ4v) is 3.73. The Kier molecular flexibility index (Phi) is 5.86. The van der Waals surface area contributed by atoms with Gasteiger partial charge < -0.3 is 10.1 Å². The lowest BCUT2D eigenvalue weighted by Gasteiger charge is -2.25. The van der Waals surface area contributed by atoms with Gasteiger partial charge in [-0.1, -0.05) is 36.4 Å². The summed E-state index contributed by atoms with van der Waals surface area (Å²) in [5, 5.41) is 3.08. The molecule has 1 aliphatic heterocycles. The number of nitrogens with zero attached hydrogens (tertiary/aromatic N) is 2. The highest BCUT2D eigenvalue weighted by Gasteiger charge is 2.31. The Bertz CT molecular complexity index is 975. The predicted molar refractivity (Wildman–Crippen MR) is 114 cm³/mol. The summed E-state index contributed by atoms with van der Waals surface area (Å²) in [6, 6.07) is 19.4. The lowest BCUT2D eigenvalue weighted by molar-refractivity contribution is -0.120. The number of hydrogen-bond acceptors (Lipinski definition) is 4. The molecule has 2 heterocycles. The Morgan fingerprint density at radius 1 is 1.14 bits per heavy atom. The summed E-state index contributed by atoms with van der Waals surface area (Å²) in [5.41, 5.74) is 3.20. The van der Waals surface area contributed by atoms with E-state index in [0.29, 0.717) is 17.2 Å². The molecule has 5 nitrogen and oxygen atoms in total. The van der Waals surface area contributed by atoms with Gasteiger partial charge in [-0.25, -0.2) is 0 Å². The number of para-hydroxylation sites is 2. The topological polar surface area (TPSA) is 54.5 Å². The van der Waals surface area contributed by atoms with Crippen molar-refractivity contribution in [2.24, 2.45) is 0 Å². The van der Waals surface area contributed by atoms with Gasteiger partial charge in [0.05, 0.1) is 17.9 Å². The van der Waals surface area contributed by atoms with Crippen LogP contribution in [0.3, 0.4) is 0 Å². The number of carbonyl (C=O) groups is 1. The van der Waals surface area contributed by atoms with Crippen molar-refractivity contribution in [3.05, 3.63) is 84.2 Å². The Morgan fingerprint density at radius 3 is 2.79 bits per heavy atom. The lowest BCUT2D eigenvalue weighted by atomic mass is 10.1. The summed E-state index contributed by atoms with van der Waals surface area (Å²) in [7, 11) is 0. The Labute approximate surface area is 171 Å². The van der Waals surface area contributed by atoms with Gasteiger partial charge in [-0.05, 0) is 61.7 Å². The molecule has 1 amide bonds. The summed E-state index contributed by atoms with van der Waals surface area (Å²) in [5.74, 6) is 1.26. The average Bonchev–Trinajstić information content (AvgIpc) is 3.20. The molecule has 0 unspecified atom stereocenters. The van der Waals surface area contributed by atoms with E-state index in [-0.39, 0.29) is 11.9 Å². The number of carbonyl (C=O) groups excluding carboxylic acids is 1. The van der Waals surface area contributed by atoms with Crippen LogP contribution in [0.25, 0.3) is 0 Å². The highest BCUT2D eigenvalue weighted by molar-refractivity contribution is 5.96. The molecule has 1 aliphatic rings. The highest BCUT2D eigenvalue weighted by Crippen LogP contribution is 2.30. The molecular formula is C24H25N3O2. The first-order valence-corrected chi connectivity index (χ1v) is 9.97. The van der Waals surface area contributed by atoms with Gasteiger partial charge >= 0.3 is 0 Å². The second-order valence-electron chi connectivity index (χ2n) is 7.33. The summed E-state index contributed by atoms with van der Waals surface area (Å²) >= 11 is 0. The second kappa shape index (κ2) is 8.88. The van der Waals surface area contributed by atoms with Gasteiger partial charge in [-0.2, -0.15) is 0 Å². The van der Waals surface area contributed by atoms with E-state index in [4.69, 9.17) is 4.74 Å². The SMILES string of the molecule is Cc1ccccc1CN1CCC[C@@H]1C(=O)Nc1ccccc1Oc1cccnc1. The largest absolute Gasteiger partial charge is 0.454 e. The Hall–Kier alpha value is -3.18.